The average molecular weight is 337 g/mol. The van der Waals surface area contributed by atoms with E-state index < -0.39 is 24.5 Å². The van der Waals surface area contributed by atoms with Gasteiger partial charge in [0.05, 0.1) is 5.69 Å². The van der Waals surface area contributed by atoms with Crippen LogP contribution < -0.4 is 10.1 Å². The molecule has 0 saturated carbocycles. The first-order valence-electron chi connectivity index (χ1n) is 7.18. The predicted octanol–water partition coefficient (Wildman–Crippen LogP) is 1.64. The van der Waals surface area contributed by atoms with Crippen molar-refractivity contribution in [2.24, 2.45) is 0 Å². The van der Waals surface area contributed by atoms with Gasteiger partial charge in [0.15, 0.2) is 12.2 Å². The van der Waals surface area contributed by atoms with Gasteiger partial charge in [-0.05, 0) is 25.1 Å². The number of amides is 1. The monoisotopic (exact) mass is 337 g/mol. The van der Waals surface area contributed by atoms with Crippen LogP contribution in [0.4, 0.5) is 8.78 Å². The number of ether oxygens (including phenoxy) is 1. The second kappa shape index (κ2) is 7.78. The number of carbonyl (C=O) groups excluding carboxylic acids is 1. The largest absolute Gasteiger partial charge is 0.471 e. The van der Waals surface area contributed by atoms with Crippen molar-refractivity contribution < 1.29 is 23.4 Å². The lowest BCUT2D eigenvalue weighted by atomic mass is 10.0. The van der Waals surface area contributed by atoms with Gasteiger partial charge in [-0.15, -0.1) is 0 Å². The van der Waals surface area contributed by atoms with E-state index in [4.69, 9.17) is 4.74 Å². The molecule has 2 N–H and O–H groups in total. The number of nitrogens with one attached hydrogen (secondary N) is 1. The van der Waals surface area contributed by atoms with E-state index in [0.717, 1.165) is 0 Å². The number of aromatic nitrogens is 2. The molecule has 0 spiro atoms. The summed E-state index contributed by atoms with van der Waals surface area (Å²) in [5, 5.41) is 12.9. The summed E-state index contributed by atoms with van der Waals surface area (Å²) in [6.07, 6.45) is 0.240. The van der Waals surface area contributed by atoms with Crippen LogP contribution in [0.2, 0.25) is 0 Å². The Balaban J connectivity index is 2.04. The van der Waals surface area contributed by atoms with Gasteiger partial charge in [-0.2, -0.15) is 0 Å². The van der Waals surface area contributed by atoms with Crippen molar-refractivity contribution in [2.45, 2.75) is 25.5 Å². The summed E-state index contributed by atoms with van der Waals surface area (Å²) in [5.41, 5.74) is -1.21. The summed E-state index contributed by atoms with van der Waals surface area (Å²) in [6, 6.07) is 8.03. The second-order valence-electron chi connectivity index (χ2n) is 5.14. The van der Waals surface area contributed by atoms with Gasteiger partial charge in [0.25, 0.3) is 12.3 Å². The lowest BCUT2D eigenvalue weighted by molar-refractivity contribution is -0.139. The van der Waals surface area contributed by atoms with E-state index in [-0.39, 0.29) is 18.1 Å². The van der Waals surface area contributed by atoms with Crippen LogP contribution in [0.25, 0.3) is 0 Å². The fourth-order valence-electron chi connectivity index (χ4n) is 1.95. The zero-order valence-corrected chi connectivity index (χ0v) is 12.9. The molecule has 0 aromatic carbocycles. The molecule has 2 heterocycles. The quantitative estimate of drug-likeness (QED) is 0.802. The van der Waals surface area contributed by atoms with Crippen LogP contribution in [0.5, 0.6) is 5.88 Å². The van der Waals surface area contributed by atoms with Gasteiger partial charge in [0.2, 0.25) is 5.88 Å². The zero-order chi connectivity index (χ0) is 17.6. The molecule has 2 aromatic heterocycles. The number of halogens is 2. The topological polar surface area (TPSA) is 84.3 Å². The summed E-state index contributed by atoms with van der Waals surface area (Å²) in [4.78, 5) is 20.1. The van der Waals surface area contributed by atoms with Crippen LogP contribution in [0, 0.1) is 0 Å². The highest BCUT2D eigenvalue weighted by Crippen LogP contribution is 2.19. The van der Waals surface area contributed by atoms with Gasteiger partial charge in [-0.25, -0.2) is 13.8 Å². The molecule has 1 amide bonds. The predicted molar refractivity (Wildman–Crippen MR) is 81.4 cm³/mol. The highest BCUT2D eigenvalue weighted by molar-refractivity contribution is 5.85. The Bertz CT molecular complexity index is 681. The number of aliphatic hydroxyl groups is 1. The maximum atomic E-state index is 12.2. The first-order chi connectivity index (χ1) is 11.4. The minimum absolute atomic E-state index is 0.00980. The third-order valence-corrected chi connectivity index (χ3v) is 3.24. The number of pyridine rings is 2. The molecule has 128 valence electrons. The molecule has 2 rings (SSSR count). The van der Waals surface area contributed by atoms with Gasteiger partial charge < -0.3 is 15.2 Å². The van der Waals surface area contributed by atoms with E-state index in [1.807, 2.05) is 0 Å². The van der Waals surface area contributed by atoms with E-state index in [9.17, 15) is 18.7 Å². The van der Waals surface area contributed by atoms with Crippen molar-refractivity contribution in [3.8, 4) is 5.88 Å². The summed E-state index contributed by atoms with van der Waals surface area (Å²) in [6.45, 7) is 0.500. The molecule has 0 aliphatic rings. The number of carbonyl (C=O) groups is 1. The van der Waals surface area contributed by atoms with Gasteiger partial charge >= 0.3 is 0 Å². The van der Waals surface area contributed by atoms with Gasteiger partial charge in [-0.3, -0.25) is 9.78 Å². The second-order valence-corrected chi connectivity index (χ2v) is 5.14. The third-order valence-electron chi connectivity index (χ3n) is 3.24. The number of rotatable bonds is 7. The maximum absolute atomic E-state index is 12.2. The Morgan fingerprint density at radius 2 is 2.04 bits per heavy atom. The Morgan fingerprint density at radius 3 is 2.71 bits per heavy atom. The molecule has 2 aromatic rings. The molecular formula is C16H17F2N3O3. The summed E-state index contributed by atoms with van der Waals surface area (Å²) >= 11 is 0. The van der Waals surface area contributed by atoms with Gasteiger partial charge in [0, 0.05) is 24.5 Å². The van der Waals surface area contributed by atoms with E-state index in [1.165, 1.54) is 25.4 Å². The molecule has 24 heavy (non-hydrogen) atoms. The van der Waals surface area contributed by atoms with Crippen molar-refractivity contribution in [3.63, 3.8) is 0 Å². The molecule has 8 heteroatoms. The number of nitrogens with zero attached hydrogens (tertiary/aromatic N) is 2. The fourth-order valence-corrected chi connectivity index (χ4v) is 1.95. The van der Waals surface area contributed by atoms with Crippen LogP contribution in [-0.2, 0) is 16.9 Å². The molecule has 0 fully saturated rings. The minimum Gasteiger partial charge on any atom is -0.471 e. The standard InChI is InChI=1S/C16H17F2N3O3/c1-16(23,12-6-2-3-7-19-12)15(22)21-9-11-5-4-8-20-14(11)24-10-13(17)18/h2-8,13,23H,9-10H2,1H3,(H,21,22). The number of alkyl halides is 2. The van der Waals surface area contributed by atoms with Crippen LogP contribution >= 0.6 is 0 Å². The fraction of sp³-hybridized carbons (Fsp3) is 0.312. The van der Waals surface area contributed by atoms with Crippen LogP contribution in [0.15, 0.2) is 42.7 Å². The molecule has 1 atom stereocenters. The van der Waals surface area contributed by atoms with Crippen molar-refractivity contribution in [2.75, 3.05) is 6.61 Å². The van der Waals surface area contributed by atoms with Crippen molar-refractivity contribution >= 4 is 5.91 Å². The highest BCUT2D eigenvalue weighted by Gasteiger charge is 2.33. The van der Waals surface area contributed by atoms with Crippen molar-refractivity contribution in [1.82, 2.24) is 15.3 Å². The van der Waals surface area contributed by atoms with E-state index >= 15 is 0 Å². The third kappa shape index (κ3) is 4.45. The lowest BCUT2D eigenvalue weighted by Crippen LogP contribution is -2.42. The summed E-state index contributed by atoms with van der Waals surface area (Å²) in [5.74, 6) is -0.666. The van der Waals surface area contributed by atoms with Crippen LogP contribution in [0.3, 0.4) is 0 Å². The Hall–Kier alpha value is -2.61. The first-order valence-corrected chi connectivity index (χ1v) is 7.18. The van der Waals surface area contributed by atoms with Gasteiger partial charge in [-0.1, -0.05) is 12.1 Å². The first kappa shape index (κ1) is 17.7. The van der Waals surface area contributed by atoms with E-state index in [0.29, 0.717) is 5.56 Å². The minimum atomic E-state index is -2.63. The molecular weight excluding hydrogens is 320 g/mol. The zero-order valence-electron chi connectivity index (χ0n) is 12.9. The Kier molecular flexibility index (Phi) is 5.75. The average Bonchev–Trinajstić information content (AvgIpc) is 2.59. The van der Waals surface area contributed by atoms with Crippen LogP contribution in [-0.4, -0.2) is 34.0 Å². The molecule has 1 unspecified atom stereocenters. The van der Waals surface area contributed by atoms with Crippen LogP contribution in [0.1, 0.15) is 18.2 Å². The number of hydrogen-bond acceptors (Lipinski definition) is 5. The molecule has 0 aliphatic carbocycles. The van der Waals surface area contributed by atoms with E-state index in [1.54, 1.807) is 24.3 Å². The number of hydrogen-bond donors (Lipinski definition) is 2. The van der Waals surface area contributed by atoms with Crippen molar-refractivity contribution in [3.05, 3.63) is 54.0 Å². The molecule has 0 aliphatic heterocycles. The Morgan fingerprint density at radius 1 is 1.29 bits per heavy atom. The summed E-state index contributed by atoms with van der Waals surface area (Å²) in [7, 11) is 0. The molecule has 0 radical (unpaired) electrons. The lowest BCUT2D eigenvalue weighted by Gasteiger charge is -2.21. The van der Waals surface area contributed by atoms with Crippen molar-refractivity contribution in [1.29, 1.82) is 0 Å². The van der Waals surface area contributed by atoms with Gasteiger partial charge in [0.1, 0.15) is 0 Å². The molecule has 0 bridgehead atoms. The Labute approximate surface area is 137 Å². The molecule has 0 saturated heterocycles. The SMILES string of the molecule is CC(O)(C(=O)NCc1cccnc1OCC(F)F)c1ccccn1. The maximum Gasteiger partial charge on any atom is 0.272 e. The summed E-state index contributed by atoms with van der Waals surface area (Å²) < 4.78 is 29.4. The van der Waals surface area contributed by atoms with E-state index in [2.05, 4.69) is 15.3 Å². The highest BCUT2D eigenvalue weighted by atomic mass is 19.3. The smallest absolute Gasteiger partial charge is 0.272 e. The molecule has 6 nitrogen and oxygen atoms in total. The normalized spacial score (nSPS) is 13.4.